The first-order valence-corrected chi connectivity index (χ1v) is 5.88. The smallest absolute Gasteiger partial charge is 0.311 e. The molecule has 1 aromatic carbocycles. The van der Waals surface area contributed by atoms with Gasteiger partial charge in [0.05, 0.1) is 10.8 Å². The topological polar surface area (TPSA) is 106 Å². The van der Waals surface area contributed by atoms with E-state index in [4.69, 9.17) is 5.73 Å². The van der Waals surface area contributed by atoms with E-state index in [-0.39, 0.29) is 16.8 Å². The van der Waals surface area contributed by atoms with Crippen LogP contribution < -0.4 is 5.73 Å². The van der Waals surface area contributed by atoms with Gasteiger partial charge in [0.1, 0.15) is 0 Å². The summed E-state index contributed by atoms with van der Waals surface area (Å²) >= 11 is 0. The molecule has 0 aliphatic rings. The number of anilines is 1. The molecule has 1 atom stereocenters. The molecule has 3 N–H and O–H groups in total. The predicted molar refractivity (Wildman–Crippen MR) is 72.0 cm³/mol. The van der Waals surface area contributed by atoms with E-state index in [2.05, 4.69) is 0 Å². The number of carboxylic acids is 1. The first-order chi connectivity index (χ1) is 8.61. The van der Waals surface area contributed by atoms with E-state index in [9.17, 15) is 20.0 Å². The maximum absolute atomic E-state index is 11.4. The number of rotatable bonds is 4. The molecule has 0 amide bonds. The Morgan fingerprint density at radius 3 is 2.47 bits per heavy atom. The summed E-state index contributed by atoms with van der Waals surface area (Å²) in [6.07, 6.45) is 0.355. The summed E-state index contributed by atoms with van der Waals surface area (Å²) in [5, 5.41) is 20.1. The second-order valence-electron chi connectivity index (χ2n) is 5.73. The lowest BCUT2D eigenvalue weighted by Gasteiger charge is -2.24. The van der Waals surface area contributed by atoms with Gasteiger partial charge in [-0.2, -0.15) is 0 Å². The average molecular weight is 266 g/mol. The second kappa shape index (κ2) is 5.26. The Bertz CT molecular complexity index is 506. The summed E-state index contributed by atoms with van der Waals surface area (Å²) in [6.45, 7) is 5.74. The van der Waals surface area contributed by atoms with Gasteiger partial charge in [-0.25, -0.2) is 0 Å². The first-order valence-electron chi connectivity index (χ1n) is 5.88. The maximum Gasteiger partial charge on any atom is 0.311 e. The summed E-state index contributed by atoms with van der Waals surface area (Å²) in [7, 11) is 0. The Labute approximate surface area is 111 Å². The SMILES string of the molecule is CC(C)(C)CC(C(=O)O)c1cc([N+](=O)[O-])ccc1N. The van der Waals surface area contributed by atoms with E-state index >= 15 is 0 Å². The van der Waals surface area contributed by atoms with E-state index in [1.165, 1.54) is 18.2 Å². The minimum absolute atomic E-state index is 0.149. The van der Waals surface area contributed by atoms with Gasteiger partial charge in [0.15, 0.2) is 0 Å². The van der Waals surface area contributed by atoms with E-state index < -0.39 is 16.8 Å². The third-order valence-electron chi connectivity index (χ3n) is 2.77. The van der Waals surface area contributed by atoms with Crippen molar-refractivity contribution in [2.75, 3.05) is 5.73 Å². The molecular weight excluding hydrogens is 248 g/mol. The van der Waals surface area contributed by atoms with Gasteiger partial charge in [0.25, 0.3) is 5.69 Å². The number of hydrogen-bond donors (Lipinski definition) is 2. The van der Waals surface area contributed by atoms with Crippen LogP contribution in [-0.4, -0.2) is 16.0 Å². The highest BCUT2D eigenvalue weighted by molar-refractivity contribution is 5.79. The number of nitro benzene ring substituents is 1. The number of nitrogens with two attached hydrogens (primary N) is 1. The lowest BCUT2D eigenvalue weighted by atomic mass is 9.81. The molecule has 0 bridgehead atoms. The summed E-state index contributed by atoms with van der Waals surface area (Å²) in [5.74, 6) is -1.87. The largest absolute Gasteiger partial charge is 0.481 e. The number of aliphatic carboxylic acids is 1. The van der Waals surface area contributed by atoms with Crippen LogP contribution in [0.5, 0.6) is 0 Å². The summed E-state index contributed by atoms with van der Waals surface area (Å²) in [6, 6.07) is 3.90. The Balaban J connectivity index is 3.26. The molecule has 0 radical (unpaired) electrons. The number of nitrogens with zero attached hydrogens (tertiary/aromatic N) is 1. The lowest BCUT2D eigenvalue weighted by molar-refractivity contribution is -0.384. The highest BCUT2D eigenvalue weighted by atomic mass is 16.6. The molecule has 0 aromatic heterocycles. The molecule has 104 valence electrons. The van der Waals surface area contributed by atoms with Crippen molar-refractivity contribution in [2.45, 2.75) is 33.1 Å². The zero-order valence-corrected chi connectivity index (χ0v) is 11.2. The van der Waals surface area contributed by atoms with Crippen LogP contribution in [0.3, 0.4) is 0 Å². The van der Waals surface area contributed by atoms with Gasteiger partial charge in [-0.1, -0.05) is 20.8 Å². The Morgan fingerprint density at radius 1 is 1.47 bits per heavy atom. The quantitative estimate of drug-likeness (QED) is 0.495. The van der Waals surface area contributed by atoms with Gasteiger partial charge < -0.3 is 10.8 Å². The third-order valence-corrected chi connectivity index (χ3v) is 2.77. The highest BCUT2D eigenvalue weighted by Crippen LogP contribution is 2.35. The number of nitro groups is 1. The van der Waals surface area contributed by atoms with Crippen LogP contribution in [0.25, 0.3) is 0 Å². The van der Waals surface area contributed by atoms with Gasteiger partial charge in [-0.15, -0.1) is 0 Å². The molecule has 0 saturated carbocycles. The molecular formula is C13H18N2O4. The molecule has 0 heterocycles. The Hall–Kier alpha value is -2.11. The second-order valence-corrected chi connectivity index (χ2v) is 5.73. The molecule has 0 aliphatic carbocycles. The fourth-order valence-electron chi connectivity index (χ4n) is 1.92. The van der Waals surface area contributed by atoms with Gasteiger partial charge in [0.2, 0.25) is 0 Å². The summed E-state index contributed by atoms with van der Waals surface area (Å²) in [5.41, 5.74) is 5.96. The van der Waals surface area contributed by atoms with Crippen LogP contribution >= 0.6 is 0 Å². The van der Waals surface area contributed by atoms with E-state index in [0.717, 1.165) is 0 Å². The third kappa shape index (κ3) is 3.94. The monoisotopic (exact) mass is 266 g/mol. The van der Waals surface area contributed by atoms with Crippen molar-refractivity contribution in [1.82, 2.24) is 0 Å². The van der Waals surface area contributed by atoms with Crippen LogP contribution in [0.4, 0.5) is 11.4 Å². The molecule has 0 aliphatic heterocycles. The summed E-state index contributed by atoms with van der Waals surface area (Å²) < 4.78 is 0. The number of carboxylic acid groups (broad SMARTS) is 1. The standard InChI is InChI=1S/C13H18N2O4/c1-13(2,3)7-10(12(16)17)9-6-8(15(18)19)4-5-11(9)14/h4-6,10H,7,14H2,1-3H3,(H,16,17). The Kier molecular flexibility index (Phi) is 4.14. The van der Waals surface area contributed by atoms with Crippen molar-refractivity contribution in [3.05, 3.63) is 33.9 Å². The summed E-state index contributed by atoms with van der Waals surface area (Å²) in [4.78, 5) is 21.6. The van der Waals surface area contributed by atoms with Crippen molar-refractivity contribution >= 4 is 17.3 Å². The minimum atomic E-state index is -1.03. The molecule has 6 heteroatoms. The van der Waals surface area contributed by atoms with Gasteiger partial charge >= 0.3 is 5.97 Å². The van der Waals surface area contributed by atoms with Gasteiger partial charge in [-0.3, -0.25) is 14.9 Å². The lowest BCUT2D eigenvalue weighted by Crippen LogP contribution is -2.20. The first kappa shape index (κ1) is 14.9. The molecule has 1 unspecified atom stereocenters. The fourth-order valence-corrected chi connectivity index (χ4v) is 1.92. The van der Waals surface area contributed by atoms with E-state index in [0.29, 0.717) is 12.0 Å². The normalized spacial score (nSPS) is 13.0. The highest BCUT2D eigenvalue weighted by Gasteiger charge is 2.28. The van der Waals surface area contributed by atoms with Crippen LogP contribution in [0.15, 0.2) is 18.2 Å². The van der Waals surface area contributed by atoms with E-state index in [1.807, 2.05) is 20.8 Å². The number of non-ortho nitro benzene ring substituents is 1. The molecule has 0 saturated heterocycles. The van der Waals surface area contributed by atoms with Crippen LogP contribution in [0, 0.1) is 15.5 Å². The number of benzene rings is 1. The van der Waals surface area contributed by atoms with Crippen molar-refractivity contribution in [3.63, 3.8) is 0 Å². The minimum Gasteiger partial charge on any atom is -0.481 e. The molecule has 1 rings (SSSR count). The maximum atomic E-state index is 11.4. The molecule has 6 nitrogen and oxygen atoms in total. The average Bonchev–Trinajstić information content (AvgIpc) is 2.25. The molecule has 19 heavy (non-hydrogen) atoms. The van der Waals surface area contributed by atoms with Crippen LogP contribution in [0.1, 0.15) is 38.7 Å². The zero-order valence-electron chi connectivity index (χ0n) is 11.2. The Morgan fingerprint density at radius 2 is 2.05 bits per heavy atom. The van der Waals surface area contributed by atoms with Crippen molar-refractivity contribution in [3.8, 4) is 0 Å². The van der Waals surface area contributed by atoms with Crippen molar-refractivity contribution in [2.24, 2.45) is 5.41 Å². The fraction of sp³-hybridized carbons (Fsp3) is 0.462. The molecule has 0 spiro atoms. The molecule has 0 fully saturated rings. The van der Waals surface area contributed by atoms with E-state index in [1.54, 1.807) is 0 Å². The van der Waals surface area contributed by atoms with Crippen LogP contribution in [0.2, 0.25) is 0 Å². The molecule has 1 aromatic rings. The van der Waals surface area contributed by atoms with Gasteiger partial charge in [-0.05, 0) is 23.5 Å². The number of nitrogen functional groups attached to an aromatic ring is 1. The zero-order chi connectivity index (χ0) is 14.8. The van der Waals surface area contributed by atoms with Gasteiger partial charge in [0, 0.05) is 17.8 Å². The number of hydrogen-bond acceptors (Lipinski definition) is 4. The number of carbonyl (C=O) groups is 1. The predicted octanol–water partition coefficient (Wildman–Crippen LogP) is 2.78. The van der Waals surface area contributed by atoms with Crippen molar-refractivity contribution < 1.29 is 14.8 Å². The van der Waals surface area contributed by atoms with Crippen molar-refractivity contribution in [1.29, 1.82) is 0 Å². The van der Waals surface area contributed by atoms with Crippen LogP contribution in [-0.2, 0) is 4.79 Å².